The molecule has 0 N–H and O–H groups in total. The summed E-state index contributed by atoms with van der Waals surface area (Å²) in [5.74, 6) is 0. The van der Waals surface area contributed by atoms with E-state index in [-0.39, 0.29) is 0 Å². The Hall–Kier alpha value is -0.0800. The molecule has 0 radical (unpaired) electrons. The number of hydrogen-bond acceptors (Lipinski definition) is 2. The van der Waals surface area contributed by atoms with Gasteiger partial charge in [-0.15, -0.1) is 0 Å². The van der Waals surface area contributed by atoms with Gasteiger partial charge < -0.3 is 0 Å². The van der Waals surface area contributed by atoms with Gasteiger partial charge in [0.25, 0.3) is 0 Å². The maximum absolute atomic E-state index is 2.64. The third kappa shape index (κ3) is 1.82. The molecule has 2 aliphatic rings. The highest BCUT2D eigenvalue weighted by molar-refractivity contribution is 5.06. The Balaban J connectivity index is 1.68. The summed E-state index contributed by atoms with van der Waals surface area (Å²) in [6, 6.07) is 0. The van der Waals surface area contributed by atoms with Crippen LogP contribution in [0.1, 0.15) is 39.0 Å². The minimum absolute atomic E-state index is 0.603. The number of nitrogens with zero attached hydrogens (tertiary/aromatic N) is 2. The van der Waals surface area contributed by atoms with E-state index in [9.17, 15) is 0 Å². The Kier molecular flexibility index (Phi) is 3.13. The Morgan fingerprint density at radius 1 is 1.21 bits per heavy atom. The highest BCUT2D eigenvalue weighted by Crippen LogP contribution is 2.36. The van der Waals surface area contributed by atoms with Crippen molar-refractivity contribution in [2.24, 2.45) is 0 Å². The van der Waals surface area contributed by atoms with E-state index in [4.69, 9.17) is 0 Å². The van der Waals surface area contributed by atoms with Crippen molar-refractivity contribution in [2.45, 2.75) is 44.6 Å². The monoisotopic (exact) mass is 196 g/mol. The number of unbranched alkanes of at least 4 members (excludes halogenated alkanes) is 2. The first-order valence-corrected chi connectivity index (χ1v) is 6.20. The quantitative estimate of drug-likeness (QED) is 0.634. The molecule has 0 bridgehead atoms. The standard InChI is InChI=1S/C12H24N2/c1-3-4-5-9-14-10-12(11-14)7-6-8-13(12)2/h3-11H2,1-2H3. The van der Waals surface area contributed by atoms with Crippen molar-refractivity contribution in [2.75, 3.05) is 33.2 Å². The zero-order valence-electron chi connectivity index (χ0n) is 9.76. The summed E-state index contributed by atoms with van der Waals surface area (Å²) in [6.45, 7) is 7.62. The van der Waals surface area contributed by atoms with Crippen LogP contribution in [-0.4, -0.2) is 48.6 Å². The molecule has 2 fully saturated rings. The molecule has 2 rings (SSSR count). The van der Waals surface area contributed by atoms with Gasteiger partial charge in [0.1, 0.15) is 0 Å². The number of likely N-dealkylation sites (N-methyl/N-ethyl adjacent to an activating group) is 1. The molecule has 2 heterocycles. The van der Waals surface area contributed by atoms with Crippen LogP contribution in [0.5, 0.6) is 0 Å². The normalized spacial score (nSPS) is 27.0. The van der Waals surface area contributed by atoms with Gasteiger partial charge in [0.15, 0.2) is 0 Å². The smallest absolute Gasteiger partial charge is 0.0460 e. The lowest BCUT2D eigenvalue weighted by Crippen LogP contribution is -2.66. The van der Waals surface area contributed by atoms with Crippen molar-refractivity contribution in [1.29, 1.82) is 0 Å². The van der Waals surface area contributed by atoms with Crippen LogP contribution in [0.2, 0.25) is 0 Å². The lowest BCUT2D eigenvalue weighted by molar-refractivity contribution is -0.0170. The Morgan fingerprint density at radius 3 is 2.57 bits per heavy atom. The first-order chi connectivity index (χ1) is 6.77. The van der Waals surface area contributed by atoms with Gasteiger partial charge in [0.2, 0.25) is 0 Å². The molecule has 1 spiro atoms. The molecule has 2 aliphatic heterocycles. The van der Waals surface area contributed by atoms with E-state index < -0.39 is 0 Å². The predicted molar refractivity (Wildman–Crippen MR) is 60.6 cm³/mol. The average Bonchev–Trinajstić information content (AvgIpc) is 2.47. The summed E-state index contributed by atoms with van der Waals surface area (Å²) in [4.78, 5) is 5.22. The van der Waals surface area contributed by atoms with Gasteiger partial charge in [0.05, 0.1) is 0 Å². The molecular formula is C12H24N2. The minimum atomic E-state index is 0.603. The van der Waals surface area contributed by atoms with Gasteiger partial charge in [-0.05, 0) is 39.4 Å². The second-order valence-corrected chi connectivity index (χ2v) is 5.17. The molecule has 82 valence electrons. The van der Waals surface area contributed by atoms with Crippen LogP contribution >= 0.6 is 0 Å². The topological polar surface area (TPSA) is 6.48 Å². The lowest BCUT2D eigenvalue weighted by Gasteiger charge is -2.52. The van der Waals surface area contributed by atoms with Gasteiger partial charge in [0, 0.05) is 18.6 Å². The van der Waals surface area contributed by atoms with Gasteiger partial charge in [-0.1, -0.05) is 19.8 Å². The van der Waals surface area contributed by atoms with Gasteiger partial charge in [-0.3, -0.25) is 9.80 Å². The van der Waals surface area contributed by atoms with E-state index in [1.54, 1.807) is 0 Å². The number of hydrogen-bond donors (Lipinski definition) is 0. The Morgan fingerprint density at radius 2 is 2.00 bits per heavy atom. The summed E-state index contributed by atoms with van der Waals surface area (Å²) in [5, 5.41) is 0. The molecule has 0 atom stereocenters. The molecule has 0 aromatic rings. The zero-order chi connectivity index (χ0) is 10.0. The Bertz CT molecular complexity index is 185. The molecule has 14 heavy (non-hydrogen) atoms. The van der Waals surface area contributed by atoms with Crippen LogP contribution < -0.4 is 0 Å². The molecule has 0 aromatic carbocycles. The average molecular weight is 196 g/mol. The summed E-state index contributed by atoms with van der Waals surface area (Å²) < 4.78 is 0. The van der Waals surface area contributed by atoms with E-state index in [0.29, 0.717) is 5.54 Å². The fourth-order valence-corrected chi connectivity index (χ4v) is 3.00. The van der Waals surface area contributed by atoms with E-state index in [1.807, 2.05) is 0 Å². The van der Waals surface area contributed by atoms with Crippen LogP contribution in [-0.2, 0) is 0 Å². The lowest BCUT2D eigenvalue weighted by atomic mass is 9.87. The minimum Gasteiger partial charge on any atom is -0.300 e. The van der Waals surface area contributed by atoms with Crippen LogP contribution in [0.4, 0.5) is 0 Å². The molecular weight excluding hydrogens is 172 g/mol. The molecule has 0 amide bonds. The zero-order valence-corrected chi connectivity index (χ0v) is 9.76. The largest absolute Gasteiger partial charge is 0.300 e. The van der Waals surface area contributed by atoms with Crippen molar-refractivity contribution in [1.82, 2.24) is 9.80 Å². The van der Waals surface area contributed by atoms with Crippen molar-refractivity contribution in [3.05, 3.63) is 0 Å². The number of rotatable bonds is 4. The second kappa shape index (κ2) is 4.19. The van der Waals surface area contributed by atoms with E-state index in [0.717, 1.165) is 0 Å². The SMILES string of the molecule is CCCCCN1CC2(CCCN2C)C1. The molecule has 0 aliphatic carbocycles. The molecule has 0 unspecified atom stereocenters. The maximum atomic E-state index is 2.64. The van der Waals surface area contributed by atoms with Crippen molar-refractivity contribution < 1.29 is 0 Å². The van der Waals surface area contributed by atoms with Gasteiger partial charge in [-0.2, -0.15) is 0 Å². The molecule has 0 aromatic heterocycles. The molecule has 2 heteroatoms. The summed E-state index contributed by atoms with van der Waals surface area (Å²) >= 11 is 0. The number of likely N-dealkylation sites (tertiary alicyclic amines) is 2. The van der Waals surface area contributed by atoms with Crippen molar-refractivity contribution >= 4 is 0 Å². The van der Waals surface area contributed by atoms with Crippen LogP contribution in [0.25, 0.3) is 0 Å². The van der Waals surface area contributed by atoms with Crippen molar-refractivity contribution in [3.63, 3.8) is 0 Å². The maximum Gasteiger partial charge on any atom is 0.0460 e. The molecule has 2 nitrogen and oxygen atoms in total. The summed E-state index contributed by atoms with van der Waals surface area (Å²) in [6.07, 6.45) is 7.00. The fourth-order valence-electron chi connectivity index (χ4n) is 3.00. The third-order valence-electron chi connectivity index (χ3n) is 4.06. The second-order valence-electron chi connectivity index (χ2n) is 5.17. The highest BCUT2D eigenvalue weighted by Gasteiger charge is 2.47. The summed E-state index contributed by atoms with van der Waals surface area (Å²) in [5.41, 5.74) is 0.603. The van der Waals surface area contributed by atoms with Crippen molar-refractivity contribution in [3.8, 4) is 0 Å². The van der Waals surface area contributed by atoms with E-state index in [2.05, 4.69) is 23.8 Å². The van der Waals surface area contributed by atoms with Gasteiger partial charge >= 0.3 is 0 Å². The van der Waals surface area contributed by atoms with Gasteiger partial charge in [-0.25, -0.2) is 0 Å². The third-order valence-corrected chi connectivity index (χ3v) is 4.06. The molecule has 0 saturated carbocycles. The van der Waals surface area contributed by atoms with Crippen LogP contribution in [0.3, 0.4) is 0 Å². The highest BCUT2D eigenvalue weighted by atomic mass is 15.4. The summed E-state index contributed by atoms with van der Waals surface area (Å²) in [7, 11) is 2.30. The first-order valence-electron chi connectivity index (χ1n) is 6.20. The van der Waals surface area contributed by atoms with Crippen LogP contribution in [0.15, 0.2) is 0 Å². The first kappa shape index (κ1) is 10.4. The van der Waals surface area contributed by atoms with E-state index >= 15 is 0 Å². The van der Waals surface area contributed by atoms with E-state index in [1.165, 1.54) is 58.3 Å². The predicted octanol–water partition coefficient (Wildman–Crippen LogP) is 1.96. The Labute approximate surface area is 88.3 Å². The van der Waals surface area contributed by atoms with Crippen LogP contribution in [0, 0.1) is 0 Å². The molecule has 2 saturated heterocycles. The fraction of sp³-hybridized carbons (Fsp3) is 1.00.